The number of aryl methyl sites for hydroxylation is 1. The van der Waals surface area contributed by atoms with E-state index in [0.717, 1.165) is 38.4 Å². The van der Waals surface area contributed by atoms with Crippen LogP contribution >= 0.6 is 0 Å². The Morgan fingerprint density at radius 3 is 3.03 bits per heavy atom. The van der Waals surface area contributed by atoms with Crippen LogP contribution in [0.15, 0.2) is 47.4 Å². The second kappa shape index (κ2) is 7.20. The zero-order valence-electron chi connectivity index (χ0n) is 17.8. The van der Waals surface area contributed by atoms with E-state index in [9.17, 15) is 0 Å². The van der Waals surface area contributed by atoms with E-state index in [1.165, 1.54) is 42.8 Å². The van der Waals surface area contributed by atoms with Gasteiger partial charge in [0.2, 0.25) is 0 Å². The van der Waals surface area contributed by atoms with Crippen molar-refractivity contribution in [1.29, 1.82) is 0 Å². The normalized spacial score (nSPS) is 32.1. The van der Waals surface area contributed by atoms with Crippen molar-refractivity contribution in [2.75, 3.05) is 26.2 Å². The standard InChI is InChI=1S/C24H32N6/c1-17-5-4-12-25-23(17)19-7-2-6-18(27-19)20-15-30-21(28-20)8-3-9-22(30)29-14-13-26-24(16-29)10-11-24/h3-5,8-9,12,18-20,26-27H,2,6-7,10-11,13-16H2,1H3/t18-,19+,20?/m1/s1. The number of pyridine rings is 1. The van der Waals surface area contributed by atoms with Crippen LogP contribution in [0.25, 0.3) is 0 Å². The molecule has 6 rings (SSSR count). The molecule has 158 valence electrons. The molecular weight excluding hydrogens is 372 g/mol. The predicted octanol–water partition coefficient (Wildman–Crippen LogP) is 2.50. The lowest BCUT2D eigenvalue weighted by Gasteiger charge is -2.41. The first-order chi connectivity index (χ1) is 14.7. The van der Waals surface area contributed by atoms with Crippen molar-refractivity contribution in [2.24, 2.45) is 4.99 Å². The Labute approximate surface area is 179 Å². The van der Waals surface area contributed by atoms with E-state index in [2.05, 4.69) is 56.6 Å². The Morgan fingerprint density at radius 1 is 1.23 bits per heavy atom. The highest BCUT2D eigenvalue weighted by atomic mass is 15.4. The van der Waals surface area contributed by atoms with Crippen LogP contribution in [0.5, 0.6) is 0 Å². The summed E-state index contributed by atoms with van der Waals surface area (Å²) in [6.07, 6.45) is 14.8. The van der Waals surface area contributed by atoms with E-state index in [4.69, 9.17) is 4.99 Å². The molecule has 1 aliphatic carbocycles. The van der Waals surface area contributed by atoms with Gasteiger partial charge in [-0.1, -0.05) is 12.1 Å². The third kappa shape index (κ3) is 3.26. The molecule has 3 atom stereocenters. The zero-order valence-corrected chi connectivity index (χ0v) is 17.8. The van der Waals surface area contributed by atoms with Crippen molar-refractivity contribution in [1.82, 2.24) is 25.4 Å². The quantitative estimate of drug-likeness (QED) is 0.811. The maximum Gasteiger partial charge on any atom is 0.129 e. The summed E-state index contributed by atoms with van der Waals surface area (Å²) in [6.45, 7) is 6.45. The summed E-state index contributed by atoms with van der Waals surface area (Å²) in [7, 11) is 0. The Bertz CT molecular complexity index is 914. The van der Waals surface area contributed by atoms with Crippen LogP contribution in [-0.4, -0.2) is 64.4 Å². The number of nitrogens with zero attached hydrogens (tertiary/aromatic N) is 4. The summed E-state index contributed by atoms with van der Waals surface area (Å²) in [5.41, 5.74) is 2.88. The summed E-state index contributed by atoms with van der Waals surface area (Å²) in [6, 6.07) is 5.26. The molecule has 1 aromatic heterocycles. The molecule has 0 aromatic carbocycles. The SMILES string of the molecule is Cc1cccnc1[C@@H]1CCC[C@H](C2CN3C(N4CCNC5(CC5)C4)=CC=CC3=N2)N1. The zero-order chi connectivity index (χ0) is 20.1. The molecule has 5 aliphatic rings. The molecule has 1 aromatic rings. The van der Waals surface area contributed by atoms with Crippen LogP contribution in [-0.2, 0) is 0 Å². The van der Waals surface area contributed by atoms with Gasteiger partial charge in [0.1, 0.15) is 11.7 Å². The fourth-order valence-electron chi connectivity index (χ4n) is 5.69. The number of amidine groups is 1. The van der Waals surface area contributed by atoms with E-state index in [-0.39, 0.29) is 0 Å². The Morgan fingerprint density at radius 2 is 2.17 bits per heavy atom. The lowest BCUT2D eigenvalue weighted by Crippen LogP contribution is -2.54. The topological polar surface area (TPSA) is 55.8 Å². The molecule has 1 unspecified atom stereocenters. The monoisotopic (exact) mass is 404 g/mol. The van der Waals surface area contributed by atoms with Gasteiger partial charge in [-0.25, -0.2) is 0 Å². The summed E-state index contributed by atoms with van der Waals surface area (Å²) in [5.74, 6) is 2.48. The summed E-state index contributed by atoms with van der Waals surface area (Å²) in [5, 5.41) is 7.65. The number of fused-ring (bicyclic) bond motifs is 1. The first-order valence-electron chi connectivity index (χ1n) is 11.6. The van der Waals surface area contributed by atoms with Crippen molar-refractivity contribution in [3.8, 4) is 0 Å². The molecule has 0 radical (unpaired) electrons. The van der Waals surface area contributed by atoms with Crippen molar-refractivity contribution in [3.05, 3.63) is 53.6 Å². The van der Waals surface area contributed by atoms with Gasteiger partial charge in [0.05, 0.1) is 17.8 Å². The number of aliphatic imine (C=N–C) groups is 1. The number of rotatable bonds is 3. The number of allylic oxidation sites excluding steroid dienone is 2. The average molecular weight is 405 g/mol. The number of nitrogens with one attached hydrogen (secondary N) is 2. The highest BCUT2D eigenvalue weighted by Crippen LogP contribution is 2.39. The predicted molar refractivity (Wildman–Crippen MR) is 119 cm³/mol. The number of piperidine rings is 1. The van der Waals surface area contributed by atoms with Gasteiger partial charge < -0.3 is 20.4 Å². The molecule has 3 fully saturated rings. The lowest BCUT2D eigenvalue weighted by atomic mass is 9.91. The smallest absolute Gasteiger partial charge is 0.129 e. The minimum Gasteiger partial charge on any atom is -0.355 e. The van der Waals surface area contributed by atoms with Gasteiger partial charge in [-0.15, -0.1) is 0 Å². The molecule has 5 heterocycles. The molecule has 4 aliphatic heterocycles. The number of hydrogen-bond acceptors (Lipinski definition) is 6. The maximum atomic E-state index is 5.17. The number of aromatic nitrogens is 1. The van der Waals surface area contributed by atoms with Crippen LogP contribution in [0.1, 0.15) is 49.4 Å². The molecule has 6 heteroatoms. The Hall–Kier alpha value is -2.18. The van der Waals surface area contributed by atoms with Gasteiger partial charge in [-0.05, 0) is 62.8 Å². The minimum atomic E-state index is 0.302. The van der Waals surface area contributed by atoms with Crippen molar-refractivity contribution >= 4 is 5.84 Å². The van der Waals surface area contributed by atoms with Gasteiger partial charge in [0.25, 0.3) is 0 Å². The molecular formula is C24H32N6. The summed E-state index contributed by atoms with van der Waals surface area (Å²) in [4.78, 5) is 14.9. The van der Waals surface area contributed by atoms with E-state index in [0.29, 0.717) is 23.7 Å². The number of hydrogen-bond donors (Lipinski definition) is 2. The van der Waals surface area contributed by atoms with E-state index >= 15 is 0 Å². The molecule has 1 spiro atoms. The molecule has 0 bridgehead atoms. The third-order valence-corrected chi connectivity index (χ3v) is 7.53. The van der Waals surface area contributed by atoms with Crippen molar-refractivity contribution in [2.45, 2.75) is 62.7 Å². The van der Waals surface area contributed by atoms with Gasteiger partial charge in [-0.2, -0.15) is 0 Å². The summed E-state index contributed by atoms with van der Waals surface area (Å²) < 4.78 is 0. The third-order valence-electron chi connectivity index (χ3n) is 7.53. The van der Waals surface area contributed by atoms with Gasteiger partial charge >= 0.3 is 0 Å². The van der Waals surface area contributed by atoms with Crippen molar-refractivity contribution in [3.63, 3.8) is 0 Å². The van der Waals surface area contributed by atoms with Crippen LogP contribution in [0.4, 0.5) is 0 Å². The maximum absolute atomic E-state index is 5.17. The highest BCUT2D eigenvalue weighted by molar-refractivity contribution is 5.97. The van der Waals surface area contributed by atoms with Gasteiger partial charge in [0, 0.05) is 44.0 Å². The lowest BCUT2D eigenvalue weighted by molar-refractivity contribution is 0.189. The second-order valence-electron chi connectivity index (χ2n) is 9.64. The van der Waals surface area contributed by atoms with E-state index in [1.807, 2.05) is 12.3 Å². The highest BCUT2D eigenvalue weighted by Gasteiger charge is 2.47. The van der Waals surface area contributed by atoms with E-state index < -0.39 is 0 Å². The largest absolute Gasteiger partial charge is 0.355 e. The molecule has 1 saturated carbocycles. The fraction of sp³-hybridized carbons (Fsp3) is 0.583. The van der Waals surface area contributed by atoms with E-state index in [1.54, 1.807) is 0 Å². The average Bonchev–Trinajstić information content (AvgIpc) is 3.36. The Kier molecular flexibility index (Phi) is 4.46. The van der Waals surface area contributed by atoms with Crippen molar-refractivity contribution < 1.29 is 0 Å². The first kappa shape index (κ1) is 18.6. The summed E-state index contributed by atoms with van der Waals surface area (Å²) >= 11 is 0. The molecule has 0 amide bonds. The van der Waals surface area contributed by atoms with Gasteiger partial charge in [-0.3, -0.25) is 9.98 Å². The second-order valence-corrected chi connectivity index (χ2v) is 9.64. The molecule has 6 nitrogen and oxygen atoms in total. The van der Waals surface area contributed by atoms with Crippen LogP contribution in [0, 0.1) is 6.92 Å². The fourth-order valence-corrected chi connectivity index (χ4v) is 5.69. The van der Waals surface area contributed by atoms with Crippen LogP contribution in [0.3, 0.4) is 0 Å². The van der Waals surface area contributed by atoms with Crippen LogP contribution in [0.2, 0.25) is 0 Å². The van der Waals surface area contributed by atoms with Crippen LogP contribution < -0.4 is 10.6 Å². The first-order valence-corrected chi connectivity index (χ1v) is 11.6. The Balaban J connectivity index is 1.17. The van der Waals surface area contributed by atoms with Gasteiger partial charge in [0.15, 0.2) is 0 Å². The minimum absolute atomic E-state index is 0.302. The number of piperazine rings is 1. The molecule has 2 N–H and O–H groups in total. The molecule has 2 saturated heterocycles. The molecule has 30 heavy (non-hydrogen) atoms.